The molecule has 5 rings (SSSR count). The molecule has 1 aliphatic rings. The molecule has 31 heavy (non-hydrogen) atoms. The monoisotopic (exact) mass is 413 g/mol. The van der Waals surface area contributed by atoms with Gasteiger partial charge in [0.15, 0.2) is 0 Å². The molecule has 6 heteroatoms. The van der Waals surface area contributed by atoms with Crippen molar-refractivity contribution in [1.29, 1.82) is 0 Å². The molecular formula is C25H27N5O. The van der Waals surface area contributed by atoms with Crippen molar-refractivity contribution in [3.8, 4) is 5.75 Å². The summed E-state index contributed by atoms with van der Waals surface area (Å²) < 4.78 is 6.12. The molecule has 1 aliphatic heterocycles. The first-order valence-electron chi connectivity index (χ1n) is 10.9. The van der Waals surface area contributed by atoms with Crippen LogP contribution < -0.4 is 4.74 Å². The molecule has 0 amide bonds. The van der Waals surface area contributed by atoms with Gasteiger partial charge in [-0.15, -0.1) is 0 Å². The Hall–Kier alpha value is -3.09. The molecule has 6 nitrogen and oxygen atoms in total. The number of ether oxygens (including phenoxy) is 1. The van der Waals surface area contributed by atoms with Gasteiger partial charge in [0, 0.05) is 62.7 Å². The zero-order chi connectivity index (χ0) is 21.0. The predicted molar refractivity (Wildman–Crippen MR) is 123 cm³/mol. The maximum absolute atomic E-state index is 6.12. The molecule has 1 saturated heterocycles. The van der Waals surface area contributed by atoms with E-state index < -0.39 is 0 Å². The molecule has 2 aromatic heterocycles. The van der Waals surface area contributed by atoms with Gasteiger partial charge in [0.2, 0.25) is 0 Å². The van der Waals surface area contributed by atoms with Gasteiger partial charge in [0.1, 0.15) is 12.4 Å². The van der Waals surface area contributed by atoms with Crippen molar-refractivity contribution < 1.29 is 4.74 Å². The molecule has 0 atom stereocenters. The number of nitrogens with zero attached hydrogens (tertiary/aromatic N) is 5. The topological polar surface area (TPSA) is 54.4 Å². The number of aryl methyl sites for hydroxylation is 1. The van der Waals surface area contributed by atoms with Crippen LogP contribution in [0.15, 0.2) is 60.9 Å². The first-order chi connectivity index (χ1) is 15.3. The first kappa shape index (κ1) is 19.8. The molecule has 0 aliphatic carbocycles. The number of fused-ring (bicyclic) bond motifs is 2. The van der Waals surface area contributed by atoms with Gasteiger partial charge in [0.05, 0.1) is 16.6 Å². The fourth-order valence-corrected chi connectivity index (χ4v) is 4.23. The van der Waals surface area contributed by atoms with Gasteiger partial charge < -0.3 is 4.74 Å². The van der Waals surface area contributed by atoms with E-state index in [-0.39, 0.29) is 0 Å². The average Bonchev–Trinajstić information content (AvgIpc) is 2.80. The summed E-state index contributed by atoms with van der Waals surface area (Å²) in [5.74, 6) is 0.917. The maximum Gasteiger partial charge on any atom is 0.128 e. The summed E-state index contributed by atoms with van der Waals surface area (Å²) in [5, 5.41) is 1.08. The van der Waals surface area contributed by atoms with E-state index in [4.69, 9.17) is 4.74 Å². The van der Waals surface area contributed by atoms with E-state index in [9.17, 15) is 0 Å². The quantitative estimate of drug-likeness (QED) is 0.481. The van der Waals surface area contributed by atoms with Crippen molar-refractivity contribution in [3.63, 3.8) is 0 Å². The summed E-state index contributed by atoms with van der Waals surface area (Å²) in [4.78, 5) is 18.5. The summed E-state index contributed by atoms with van der Waals surface area (Å²) >= 11 is 0. The van der Waals surface area contributed by atoms with Gasteiger partial charge in [-0.2, -0.15) is 0 Å². The minimum atomic E-state index is 0.686. The van der Waals surface area contributed by atoms with E-state index >= 15 is 0 Å². The fourth-order valence-electron chi connectivity index (χ4n) is 4.23. The molecule has 0 N–H and O–H groups in total. The number of para-hydroxylation sites is 1. The van der Waals surface area contributed by atoms with Crippen LogP contribution >= 0.6 is 0 Å². The van der Waals surface area contributed by atoms with Crippen molar-refractivity contribution in [2.75, 3.05) is 39.3 Å². The first-order valence-corrected chi connectivity index (χ1v) is 10.9. The zero-order valence-electron chi connectivity index (χ0n) is 17.9. The predicted octanol–water partition coefficient (Wildman–Crippen LogP) is 3.68. The van der Waals surface area contributed by atoms with Crippen LogP contribution in [-0.2, 0) is 6.54 Å². The van der Waals surface area contributed by atoms with Crippen LogP contribution in [0.1, 0.15) is 11.3 Å². The smallest absolute Gasteiger partial charge is 0.128 e. The summed E-state index contributed by atoms with van der Waals surface area (Å²) in [6.07, 6.45) is 3.53. The van der Waals surface area contributed by atoms with Gasteiger partial charge in [-0.1, -0.05) is 18.2 Å². The Balaban J connectivity index is 1.13. The molecular weight excluding hydrogens is 386 g/mol. The third-order valence-electron chi connectivity index (χ3n) is 5.94. The highest BCUT2D eigenvalue weighted by Gasteiger charge is 2.18. The SMILES string of the molecule is Cc1ccc2c(OCCN3CCN(Cc4cccc5nccnc45)CC3)cccc2n1. The molecule has 0 saturated carbocycles. The minimum Gasteiger partial charge on any atom is -0.492 e. The Bertz CT molecular complexity index is 1180. The van der Waals surface area contributed by atoms with Crippen molar-refractivity contribution in [2.45, 2.75) is 13.5 Å². The highest BCUT2D eigenvalue weighted by molar-refractivity contribution is 5.85. The van der Waals surface area contributed by atoms with Crippen LogP contribution in [0.4, 0.5) is 0 Å². The van der Waals surface area contributed by atoms with E-state index in [0.29, 0.717) is 6.61 Å². The van der Waals surface area contributed by atoms with E-state index in [2.05, 4.69) is 43.0 Å². The van der Waals surface area contributed by atoms with Crippen molar-refractivity contribution >= 4 is 21.9 Å². The average molecular weight is 414 g/mol. The number of pyridine rings is 1. The van der Waals surface area contributed by atoms with Crippen LogP contribution in [0.2, 0.25) is 0 Å². The highest BCUT2D eigenvalue weighted by Crippen LogP contribution is 2.24. The third-order valence-corrected chi connectivity index (χ3v) is 5.94. The van der Waals surface area contributed by atoms with E-state index in [1.807, 2.05) is 37.3 Å². The Morgan fingerprint density at radius 3 is 2.52 bits per heavy atom. The van der Waals surface area contributed by atoms with Crippen LogP contribution in [0.5, 0.6) is 5.75 Å². The summed E-state index contributed by atoms with van der Waals surface area (Å²) in [7, 11) is 0. The standard InChI is InChI=1S/C25H27N5O/c1-19-8-9-21-22(28-19)5-3-7-24(21)31-17-16-29-12-14-30(15-13-29)18-20-4-2-6-23-25(20)27-11-10-26-23/h2-11H,12-18H2,1H3. The van der Waals surface area contributed by atoms with Crippen LogP contribution in [-0.4, -0.2) is 64.1 Å². The normalized spacial score (nSPS) is 15.5. The fraction of sp³-hybridized carbons (Fsp3) is 0.320. The number of aromatic nitrogens is 3. The van der Waals surface area contributed by atoms with Gasteiger partial charge in [-0.25, -0.2) is 0 Å². The van der Waals surface area contributed by atoms with E-state index in [1.54, 1.807) is 12.4 Å². The van der Waals surface area contributed by atoms with Crippen molar-refractivity contribution in [1.82, 2.24) is 24.8 Å². The van der Waals surface area contributed by atoms with Crippen molar-refractivity contribution in [3.05, 3.63) is 72.2 Å². The second kappa shape index (κ2) is 8.96. The van der Waals surface area contributed by atoms with Crippen LogP contribution in [0, 0.1) is 6.92 Å². The lowest BCUT2D eigenvalue weighted by Crippen LogP contribution is -2.47. The zero-order valence-corrected chi connectivity index (χ0v) is 17.9. The second-order valence-corrected chi connectivity index (χ2v) is 8.08. The lowest BCUT2D eigenvalue weighted by molar-refractivity contribution is 0.113. The van der Waals surface area contributed by atoms with E-state index in [1.165, 1.54) is 5.56 Å². The Morgan fingerprint density at radius 1 is 0.839 bits per heavy atom. The van der Waals surface area contributed by atoms with Crippen LogP contribution in [0.3, 0.4) is 0 Å². The summed E-state index contributed by atoms with van der Waals surface area (Å²) in [6, 6.07) is 16.5. The third kappa shape index (κ3) is 4.50. The lowest BCUT2D eigenvalue weighted by Gasteiger charge is -2.34. The molecule has 1 fully saturated rings. The molecule has 3 heterocycles. The Kier molecular flexibility index (Phi) is 5.74. The summed E-state index contributed by atoms with van der Waals surface area (Å²) in [6.45, 7) is 8.76. The van der Waals surface area contributed by atoms with Gasteiger partial charge in [-0.3, -0.25) is 24.8 Å². The molecule has 4 aromatic rings. The van der Waals surface area contributed by atoms with Gasteiger partial charge in [0.25, 0.3) is 0 Å². The maximum atomic E-state index is 6.12. The van der Waals surface area contributed by atoms with Gasteiger partial charge >= 0.3 is 0 Å². The van der Waals surface area contributed by atoms with E-state index in [0.717, 1.165) is 72.6 Å². The summed E-state index contributed by atoms with van der Waals surface area (Å²) in [5.41, 5.74) is 5.25. The molecule has 0 unspecified atom stereocenters. The Morgan fingerprint density at radius 2 is 1.61 bits per heavy atom. The van der Waals surface area contributed by atoms with Gasteiger partial charge in [-0.05, 0) is 42.8 Å². The lowest BCUT2D eigenvalue weighted by atomic mass is 10.1. The largest absolute Gasteiger partial charge is 0.492 e. The Labute approximate surface area is 182 Å². The highest BCUT2D eigenvalue weighted by atomic mass is 16.5. The molecule has 0 bridgehead atoms. The molecule has 0 spiro atoms. The molecule has 0 radical (unpaired) electrons. The van der Waals surface area contributed by atoms with Crippen LogP contribution in [0.25, 0.3) is 21.9 Å². The number of benzene rings is 2. The number of rotatable bonds is 6. The van der Waals surface area contributed by atoms with Crippen molar-refractivity contribution in [2.24, 2.45) is 0 Å². The molecule has 158 valence electrons. The number of hydrogen-bond acceptors (Lipinski definition) is 6. The molecule has 2 aromatic carbocycles. The minimum absolute atomic E-state index is 0.686. The second-order valence-electron chi connectivity index (χ2n) is 8.08. The number of hydrogen-bond donors (Lipinski definition) is 0. The number of piperazine rings is 1.